The number of nitrogens with zero attached hydrogens (tertiary/aromatic N) is 2. The van der Waals surface area contributed by atoms with Gasteiger partial charge in [0.05, 0.1) is 5.69 Å². The van der Waals surface area contributed by atoms with Crippen LogP contribution in [0.2, 0.25) is 0 Å². The van der Waals surface area contributed by atoms with E-state index in [0.29, 0.717) is 12.6 Å². The summed E-state index contributed by atoms with van der Waals surface area (Å²) in [5.74, 6) is 0.804. The number of rotatable bonds is 5. The van der Waals surface area contributed by atoms with Gasteiger partial charge in [-0.2, -0.15) is 0 Å². The highest BCUT2D eigenvalue weighted by Crippen LogP contribution is 2.40. The van der Waals surface area contributed by atoms with Gasteiger partial charge in [-0.25, -0.2) is 4.79 Å². The minimum absolute atomic E-state index is 0.171. The Kier molecular flexibility index (Phi) is 5.73. The number of carbonyl (C=O) groups excluding carboxylic acids is 1. The number of para-hydroxylation sites is 1. The van der Waals surface area contributed by atoms with Crippen molar-refractivity contribution in [2.75, 3.05) is 45.6 Å². The highest BCUT2D eigenvalue weighted by atomic mass is 16.5. The average Bonchev–Trinajstić information content (AvgIpc) is 2.90. The third-order valence-corrected chi connectivity index (χ3v) is 5.34. The molecule has 2 heterocycles. The molecule has 0 spiro atoms. The van der Waals surface area contributed by atoms with E-state index < -0.39 is 0 Å². The maximum absolute atomic E-state index is 12.3. The molecule has 0 radical (unpaired) electrons. The minimum atomic E-state index is -0.213. The summed E-state index contributed by atoms with van der Waals surface area (Å²) in [5, 5.41) is 5.91. The molecule has 1 aromatic rings. The Morgan fingerprint density at radius 3 is 2.73 bits per heavy atom. The molecule has 0 aromatic heterocycles. The molecule has 1 saturated heterocycles. The van der Waals surface area contributed by atoms with Gasteiger partial charge in [-0.15, -0.1) is 0 Å². The number of piperidine rings is 1. The third-order valence-electron chi connectivity index (χ3n) is 5.34. The van der Waals surface area contributed by atoms with Gasteiger partial charge in [0, 0.05) is 31.1 Å². The van der Waals surface area contributed by atoms with E-state index in [1.165, 1.54) is 12.8 Å². The zero-order chi connectivity index (χ0) is 18.7. The van der Waals surface area contributed by atoms with Gasteiger partial charge < -0.3 is 25.2 Å². The molecule has 6 heteroatoms. The first-order valence-electron chi connectivity index (χ1n) is 9.58. The van der Waals surface area contributed by atoms with E-state index in [-0.39, 0.29) is 11.6 Å². The fourth-order valence-corrected chi connectivity index (χ4v) is 3.87. The Hall–Kier alpha value is -1.79. The predicted molar refractivity (Wildman–Crippen MR) is 105 cm³/mol. The Morgan fingerprint density at radius 2 is 2.04 bits per heavy atom. The molecule has 6 nitrogen and oxygen atoms in total. The molecule has 0 aliphatic carbocycles. The number of carbonyl (C=O) groups is 1. The van der Waals surface area contributed by atoms with E-state index in [1.807, 2.05) is 12.1 Å². The van der Waals surface area contributed by atoms with E-state index in [4.69, 9.17) is 4.74 Å². The lowest BCUT2D eigenvalue weighted by Gasteiger charge is -2.35. The lowest BCUT2D eigenvalue weighted by molar-refractivity contribution is 0.139. The number of benzene rings is 1. The van der Waals surface area contributed by atoms with Crippen LogP contribution in [0, 0.1) is 0 Å². The van der Waals surface area contributed by atoms with Crippen LogP contribution in [0.1, 0.15) is 32.3 Å². The number of nitrogens with one attached hydrogen (secondary N) is 2. The van der Waals surface area contributed by atoms with Gasteiger partial charge in [-0.3, -0.25) is 0 Å². The highest BCUT2D eigenvalue weighted by molar-refractivity contribution is 5.91. The maximum atomic E-state index is 12.3. The number of urea groups is 1. The zero-order valence-corrected chi connectivity index (χ0v) is 16.5. The van der Waals surface area contributed by atoms with Gasteiger partial charge in [0.15, 0.2) is 0 Å². The van der Waals surface area contributed by atoms with Crippen molar-refractivity contribution in [3.63, 3.8) is 0 Å². The molecule has 2 N–H and O–H groups in total. The molecular weight excluding hydrogens is 328 g/mol. The standard InChI is InChI=1S/C20H32N4O2/c1-20(2)14-15-6-5-7-17(18(15)26-20)22-19(25)21-10-13-24-11-8-16(9-12-24)23(3)4/h5-7,16H,8-14H2,1-4H3,(H2,21,22,25). The maximum Gasteiger partial charge on any atom is 0.319 e. The Balaban J connectivity index is 1.43. The van der Waals surface area contributed by atoms with E-state index in [0.717, 1.165) is 43.1 Å². The van der Waals surface area contributed by atoms with Crippen LogP contribution in [0.5, 0.6) is 5.75 Å². The number of hydrogen-bond acceptors (Lipinski definition) is 4. The fraction of sp³-hybridized carbons (Fsp3) is 0.650. The smallest absolute Gasteiger partial charge is 0.319 e. The second kappa shape index (κ2) is 7.84. The summed E-state index contributed by atoms with van der Waals surface area (Å²) < 4.78 is 6.00. The zero-order valence-electron chi connectivity index (χ0n) is 16.5. The molecule has 2 aliphatic rings. The predicted octanol–water partition coefficient (Wildman–Crippen LogP) is 2.55. The average molecular weight is 361 g/mol. The number of likely N-dealkylation sites (tertiary alicyclic amines) is 1. The molecule has 0 unspecified atom stereocenters. The van der Waals surface area contributed by atoms with Crippen molar-refractivity contribution in [2.24, 2.45) is 0 Å². The van der Waals surface area contributed by atoms with Crippen LogP contribution in [-0.2, 0) is 6.42 Å². The van der Waals surface area contributed by atoms with Gasteiger partial charge >= 0.3 is 6.03 Å². The van der Waals surface area contributed by atoms with Gasteiger partial charge in [-0.05, 0) is 59.9 Å². The van der Waals surface area contributed by atoms with E-state index in [2.05, 4.69) is 54.4 Å². The van der Waals surface area contributed by atoms with Crippen LogP contribution >= 0.6 is 0 Å². The summed E-state index contributed by atoms with van der Waals surface area (Å²) >= 11 is 0. The lowest BCUT2D eigenvalue weighted by atomic mass is 10.0. The van der Waals surface area contributed by atoms with Crippen LogP contribution < -0.4 is 15.4 Å². The first-order valence-corrected chi connectivity index (χ1v) is 9.58. The summed E-state index contributed by atoms with van der Waals surface area (Å²) in [7, 11) is 4.30. The molecule has 144 valence electrons. The van der Waals surface area contributed by atoms with Gasteiger partial charge in [0.2, 0.25) is 0 Å². The topological polar surface area (TPSA) is 56.8 Å². The van der Waals surface area contributed by atoms with Gasteiger partial charge in [0.1, 0.15) is 11.4 Å². The molecule has 1 fully saturated rings. The molecule has 26 heavy (non-hydrogen) atoms. The van der Waals surface area contributed by atoms with Crippen LogP contribution in [-0.4, -0.2) is 67.7 Å². The molecule has 1 aromatic carbocycles. The quantitative estimate of drug-likeness (QED) is 0.847. The third kappa shape index (κ3) is 4.68. The summed E-state index contributed by atoms with van der Waals surface area (Å²) in [6, 6.07) is 6.44. The van der Waals surface area contributed by atoms with E-state index in [1.54, 1.807) is 0 Å². The first-order chi connectivity index (χ1) is 12.3. The first kappa shape index (κ1) is 19.0. The molecule has 0 bridgehead atoms. The van der Waals surface area contributed by atoms with Crippen molar-refractivity contribution in [3.8, 4) is 5.75 Å². The fourth-order valence-electron chi connectivity index (χ4n) is 3.87. The largest absolute Gasteiger partial charge is 0.485 e. The van der Waals surface area contributed by atoms with Crippen molar-refractivity contribution >= 4 is 11.7 Å². The summed E-state index contributed by atoms with van der Waals surface area (Å²) in [6.07, 6.45) is 3.26. The second-order valence-corrected chi connectivity index (χ2v) is 8.25. The van der Waals surface area contributed by atoms with E-state index >= 15 is 0 Å². The molecule has 2 amide bonds. The molecule has 0 atom stereocenters. The Labute approximate surface area is 156 Å². The number of ether oxygens (including phenoxy) is 1. The number of amides is 2. The monoisotopic (exact) mass is 360 g/mol. The number of hydrogen-bond donors (Lipinski definition) is 2. The van der Waals surface area contributed by atoms with Crippen molar-refractivity contribution in [1.29, 1.82) is 0 Å². The van der Waals surface area contributed by atoms with Crippen LogP contribution in [0.4, 0.5) is 10.5 Å². The van der Waals surface area contributed by atoms with Crippen molar-refractivity contribution in [1.82, 2.24) is 15.1 Å². The number of fused-ring (bicyclic) bond motifs is 1. The van der Waals surface area contributed by atoms with Crippen molar-refractivity contribution < 1.29 is 9.53 Å². The van der Waals surface area contributed by atoms with Crippen LogP contribution in [0.3, 0.4) is 0 Å². The van der Waals surface area contributed by atoms with Crippen molar-refractivity contribution in [2.45, 2.75) is 44.8 Å². The summed E-state index contributed by atoms with van der Waals surface area (Å²) in [5.41, 5.74) is 1.68. The highest BCUT2D eigenvalue weighted by Gasteiger charge is 2.32. The van der Waals surface area contributed by atoms with Crippen LogP contribution in [0.25, 0.3) is 0 Å². The molecule has 0 saturated carbocycles. The Bertz CT molecular complexity index is 637. The number of anilines is 1. The lowest BCUT2D eigenvalue weighted by Crippen LogP contribution is -2.44. The van der Waals surface area contributed by atoms with Gasteiger partial charge in [0.25, 0.3) is 0 Å². The summed E-state index contributed by atoms with van der Waals surface area (Å²) in [6.45, 7) is 7.87. The summed E-state index contributed by atoms with van der Waals surface area (Å²) in [4.78, 5) is 17.0. The molecule has 3 rings (SSSR count). The SMILES string of the molecule is CN(C)C1CCN(CCNC(=O)Nc2cccc3c2OC(C)(C)C3)CC1. The molecular formula is C20H32N4O2. The Morgan fingerprint density at radius 1 is 1.31 bits per heavy atom. The second-order valence-electron chi connectivity index (χ2n) is 8.25. The normalized spacial score (nSPS) is 19.9. The molecule has 2 aliphatic heterocycles. The van der Waals surface area contributed by atoms with Gasteiger partial charge in [-0.1, -0.05) is 12.1 Å². The van der Waals surface area contributed by atoms with Crippen LogP contribution in [0.15, 0.2) is 18.2 Å². The van der Waals surface area contributed by atoms with Crippen molar-refractivity contribution in [3.05, 3.63) is 23.8 Å². The minimum Gasteiger partial charge on any atom is -0.485 e. The van der Waals surface area contributed by atoms with E-state index in [9.17, 15) is 4.79 Å².